The van der Waals surface area contributed by atoms with Crippen LogP contribution in [0.2, 0.25) is 0 Å². The highest BCUT2D eigenvalue weighted by atomic mass is 16.5. The summed E-state index contributed by atoms with van der Waals surface area (Å²) < 4.78 is 5.30. The summed E-state index contributed by atoms with van der Waals surface area (Å²) in [6, 6.07) is 0. The Kier molecular flexibility index (Phi) is 4.96. The van der Waals surface area contributed by atoms with E-state index >= 15 is 0 Å². The van der Waals surface area contributed by atoms with Crippen LogP contribution in [0.5, 0.6) is 0 Å². The van der Waals surface area contributed by atoms with Gasteiger partial charge in [0.1, 0.15) is 0 Å². The molecule has 0 aromatic rings. The van der Waals surface area contributed by atoms with Gasteiger partial charge in [-0.15, -0.1) is 6.58 Å². The van der Waals surface area contributed by atoms with Crippen molar-refractivity contribution in [3.05, 3.63) is 12.7 Å². The van der Waals surface area contributed by atoms with Gasteiger partial charge in [-0.3, -0.25) is 4.79 Å². The van der Waals surface area contributed by atoms with Crippen molar-refractivity contribution in [3.8, 4) is 0 Å². The Morgan fingerprint density at radius 3 is 2.62 bits per heavy atom. The van der Waals surface area contributed by atoms with E-state index in [1.807, 2.05) is 11.8 Å². The zero-order valence-electron chi connectivity index (χ0n) is 10.1. The molecule has 0 saturated carbocycles. The Hall–Kier alpha value is -0.870. The molecule has 4 nitrogen and oxygen atoms in total. The van der Waals surface area contributed by atoms with E-state index in [0.717, 1.165) is 12.8 Å². The number of hydrogen-bond donors (Lipinski definition) is 1. The van der Waals surface area contributed by atoms with Gasteiger partial charge in [-0.2, -0.15) is 0 Å². The summed E-state index contributed by atoms with van der Waals surface area (Å²) in [4.78, 5) is 14.2. The van der Waals surface area contributed by atoms with E-state index in [1.165, 1.54) is 0 Å². The first-order valence-corrected chi connectivity index (χ1v) is 5.88. The second-order valence-corrected chi connectivity index (χ2v) is 4.23. The van der Waals surface area contributed by atoms with Gasteiger partial charge in [0.2, 0.25) is 5.91 Å². The van der Waals surface area contributed by atoms with Gasteiger partial charge in [-0.1, -0.05) is 6.08 Å². The van der Waals surface area contributed by atoms with Crippen molar-refractivity contribution >= 4 is 5.91 Å². The number of ether oxygens (including phenoxy) is 1. The van der Waals surface area contributed by atoms with Crippen LogP contribution >= 0.6 is 0 Å². The highest BCUT2D eigenvalue weighted by molar-refractivity contribution is 5.83. The molecule has 16 heavy (non-hydrogen) atoms. The molecule has 0 radical (unpaired) electrons. The minimum absolute atomic E-state index is 0.153. The van der Waals surface area contributed by atoms with Gasteiger partial charge in [-0.05, 0) is 19.8 Å². The first-order chi connectivity index (χ1) is 7.70. The number of carbonyl (C=O) groups is 1. The molecule has 1 saturated heterocycles. The van der Waals surface area contributed by atoms with E-state index in [-0.39, 0.29) is 5.91 Å². The van der Waals surface area contributed by atoms with Crippen LogP contribution in [0, 0.1) is 5.41 Å². The number of hydrogen-bond acceptors (Lipinski definition) is 3. The normalized spacial score (nSPS) is 19.1. The molecular weight excluding hydrogens is 204 g/mol. The molecule has 0 unspecified atom stereocenters. The lowest BCUT2D eigenvalue weighted by Gasteiger charge is -2.38. The molecule has 1 fully saturated rings. The fraction of sp³-hybridized carbons (Fsp3) is 0.750. The van der Waals surface area contributed by atoms with Gasteiger partial charge in [0.25, 0.3) is 0 Å². The largest absolute Gasteiger partial charge is 0.381 e. The molecule has 2 N–H and O–H groups in total. The molecule has 1 aliphatic heterocycles. The molecule has 0 bridgehead atoms. The monoisotopic (exact) mass is 226 g/mol. The smallest absolute Gasteiger partial charge is 0.230 e. The summed E-state index contributed by atoms with van der Waals surface area (Å²) in [6.45, 7) is 8.62. The summed E-state index contributed by atoms with van der Waals surface area (Å²) in [5.41, 5.74) is 5.39. The van der Waals surface area contributed by atoms with E-state index in [1.54, 1.807) is 6.08 Å². The van der Waals surface area contributed by atoms with Crippen molar-refractivity contribution in [2.75, 3.05) is 32.8 Å². The van der Waals surface area contributed by atoms with Crippen LogP contribution in [0.15, 0.2) is 12.7 Å². The predicted molar refractivity (Wildman–Crippen MR) is 64.0 cm³/mol. The van der Waals surface area contributed by atoms with Gasteiger partial charge < -0.3 is 15.4 Å². The average Bonchev–Trinajstić information content (AvgIpc) is 2.36. The second kappa shape index (κ2) is 6.01. The Morgan fingerprint density at radius 1 is 1.56 bits per heavy atom. The second-order valence-electron chi connectivity index (χ2n) is 4.23. The number of rotatable bonds is 5. The maximum absolute atomic E-state index is 12.4. The van der Waals surface area contributed by atoms with E-state index in [4.69, 9.17) is 10.5 Å². The highest BCUT2D eigenvalue weighted by Crippen LogP contribution is 2.31. The Morgan fingerprint density at radius 2 is 2.19 bits per heavy atom. The van der Waals surface area contributed by atoms with Gasteiger partial charge in [0.15, 0.2) is 0 Å². The molecule has 1 heterocycles. The first kappa shape index (κ1) is 13.2. The minimum Gasteiger partial charge on any atom is -0.381 e. The molecule has 4 heteroatoms. The van der Waals surface area contributed by atoms with Crippen LogP contribution in [0.3, 0.4) is 0 Å². The summed E-state index contributed by atoms with van der Waals surface area (Å²) in [5.74, 6) is 0.153. The lowest BCUT2D eigenvalue weighted by atomic mass is 9.79. The number of carbonyl (C=O) groups excluding carboxylic acids is 1. The standard InChI is InChI=1S/C12H22N2O2/c1-3-7-14(4-2)11(15)12(10-13)5-8-16-9-6-12/h3H,1,4-10,13H2,2H3. The SMILES string of the molecule is C=CCN(CC)C(=O)C1(CN)CCOCC1. The maximum Gasteiger partial charge on any atom is 0.230 e. The zero-order chi connectivity index (χ0) is 12.0. The van der Waals surface area contributed by atoms with Gasteiger partial charge in [0, 0.05) is 32.8 Å². The minimum atomic E-state index is -0.405. The molecule has 0 aromatic carbocycles. The van der Waals surface area contributed by atoms with Gasteiger partial charge in [0.05, 0.1) is 5.41 Å². The average molecular weight is 226 g/mol. The van der Waals surface area contributed by atoms with Crippen molar-refractivity contribution in [1.82, 2.24) is 4.90 Å². The van der Waals surface area contributed by atoms with Crippen LogP contribution in [-0.4, -0.2) is 43.7 Å². The first-order valence-electron chi connectivity index (χ1n) is 5.88. The number of nitrogens with zero attached hydrogens (tertiary/aromatic N) is 1. The molecule has 0 aliphatic carbocycles. The lowest BCUT2D eigenvalue weighted by molar-refractivity contribution is -0.146. The van der Waals surface area contributed by atoms with E-state index in [2.05, 4.69) is 6.58 Å². The fourth-order valence-electron chi connectivity index (χ4n) is 2.11. The topological polar surface area (TPSA) is 55.6 Å². The van der Waals surface area contributed by atoms with E-state index in [0.29, 0.717) is 32.8 Å². The quantitative estimate of drug-likeness (QED) is 0.705. The van der Waals surface area contributed by atoms with Crippen LogP contribution in [0.25, 0.3) is 0 Å². The molecule has 1 rings (SSSR count). The van der Waals surface area contributed by atoms with Crippen molar-refractivity contribution in [1.29, 1.82) is 0 Å². The Balaban J connectivity index is 2.76. The third-order valence-corrected chi connectivity index (χ3v) is 3.31. The summed E-state index contributed by atoms with van der Waals surface area (Å²) >= 11 is 0. The molecular formula is C12H22N2O2. The molecule has 0 aromatic heterocycles. The third kappa shape index (κ3) is 2.62. The summed E-state index contributed by atoms with van der Waals surface area (Å²) in [5, 5.41) is 0. The number of nitrogens with two attached hydrogens (primary N) is 1. The van der Waals surface area contributed by atoms with Crippen molar-refractivity contribution < 1.29 is 9.53 Å². The third-order valence-electron chi connectivity index (χ3n) is 3.31. The van der Waals surface area contributed by atoms with Crippen molar-refractivity contribution in [3.63, 3.8) is 0 Å². The molecule has 1 aliphatic rings. The highest BCUT2D eigenvalue weighted by Gasteiger charge is 2.40. The molecule has 0 atom stereocenters. The van der Waals surface area contributed by atoms with Crippen LogP contribution in [0.1, 0.15) is 19.8 Å². The fourth-order valence-corrected chi connectivity index (χ4v) is 2.11. The molecule has 1 amide bonds. The van der Waals surface area contributed by atoms with Crippen LogP contribution in [-0.2, 0) is 9.53 Å². The zero-order valence-corrected chi connectivity index (χ0v) is 10.1. The number of likely N-dealkylation sites (N-methyl/N-ethyl adjacent to an activating group) is 1. The van der Waals surface area contributed by atoms with Crippen molar-refractivity contribution in [2.24, 2.45) is 11.1 Å². The maximum atomic E-state index is 12.4. The number of amides is 1. The summed E-state index contributed by atoms with van der Waals surface area (Å²) in [6.07, 6.45) is 3.22. The van der Waals surface area contributed by atoms with Gasteiger partial charge >= 0.3 is 0 Å². The van der Waals surface area contributed by atoms with E-state index < -0.39 is 5.41 Å². The predicted octanol–water partition coefficient (Wildman–Crippen LogP) is 0.776. The Bertz CT molecular complexity index is 247. The Labute approximate surface area is 97.4 Å². The lowest BCUT2D eigenvalue weighted by Crippen LogP contribution is -2.50. The van der Waals surface area contributed by atoms with Crippen molar-refractivity contribution in [2.45, 2.75) is 19.8 Å². The van der Waals surface area contributed by atoms with Crippen LogP contribution < -0.4 is 5.73 Å². The van der Waals surface area contributed by atoms with Crippen LogP contribution in [0.4, 0.5) is 0 Å². The van der Waals surface area contributed by atoms with Gasteiger partial charge in [-0.25, -0.2) is 0 Å². The molecule has 0 spiro atoms. The van der Waals surface area contributed by atoms with E-state index in [9.17, 15) is 4.79 Å². The summed E-state index contributed by atoms with van der Waals surface area (Å²) in [7, 11) is 0. The molecule has 92 valence electrons.